The minimum atomic E-state index is -0.153. The summed E-state index contributed by atoms with van der Waals surface area (Å²) in [6, 6.07) is 21.0. The first-order valence-corrected chi connectivity index (χ1v) is 12.8. The number of benzene rings is 3. The third-order valence-electron chi connectivity index (χ3n) is 6.11. The van der Waals surface area contributed by atoms with Crippen LogP contribution in [-0.4, -0.2) is 34.3 Å². The molecule has 4 aromatic rings. The van der Waals surface area contributed by atoms with E-state index in [-0.39, 0.29) is 17.2 Å². The molecule has 0 radical (unpaired) electrons. The molecule has 0 atom stereocenters. The summed E-state index contributed by atoms with van der Waals surface area (Å²) < 4.78 is 1.60. The normalized spacial score (nSPS) is 11.0. The fourth-order valence-electron chi connectivity index (χ4n) is 3.97. The van der Waals surface area contributed by atoms with Crippen molar-refractivity contribution in [2.24, 2.45) is 0 Å². The van der Waals surface area contributed by atoms with Crippen molar-refractivity contribution in [2.75, 3.05) is 29.1 Å². The zero-order chi connectivity index (χ0) is 24.9. The molecule has 0 bridgehead atoms. The van der Waals surface area contributed by atoms with Crippen LogP contribution in [0.5, 0.6) is 0 Å². The molecule has 0 aliphatic heterocycles. The lowest BCUT2D eigenvalue weighted by Crippen LogP contribution is -2.23. The van der Waals surface area contributed by atoms with Crippen molar-refractivity contribution in [2.45, 2.75) is 32.9 Å². The maximum Gasteiger partial charge on any atom is 0.266 e. The van der Waals surface area contributed by atoms with E-state index >= 15 is 0 Å². The number of anilines is 2. The van der Waals surface area contributed by atoms with E-state index in [1.54, 1.807) is 10.6 Å². The average Bonchev–Trinajstić information content (AvgIpc) is 2.86. The number of aromatic nitrogens is 2. The first kappa shape index (κ1) is 24.5. The Balaban J connectivity index is 1.58. The van der Waals surface area contributed by atoms with Crippen molar-refractivity contribution < 1.29 is 4.79 Å². The van der Waals surface area contributed by atoms with E-state index in [4.69, 9.17) is 4.98 Å². The van der Waals surface area contributed by atoms with Crippen LogP contribution in [0.25, 0.3) is 16.6 Å². The third-order valence-corrected chi connectivity index (χ3v) is 7.04. The number of fused-ring (bicyclic) bond motifs is 1. The van der Waals surface area contributed by atoms with Gasteiger partial charge in [0.1, 0.15) is 0 Å². The Hall–Kier alpha value is -3.58. The van der Waals surface area contributed by atoms with Gasteiger partial charge in [-0.1, -0.05) is 30.0 Å². The number of nitrogens with one attached hydrogen (secondary N) is 1. The lowest BCUT2D eigenvalue weighted by molar-refractivity contribution is -0.113. The molecule has 3 aromatic carbocycles. The summed E-state index contributed by atoms with van der Waals surface area (Å²) in [5.74, 6) is -0.0208. The Bertz CT molecular complexity index is 1410. The topological polar surface area (TPSA) is 67.2 Å². The summed E-state index contributed by atoms with van der Waals surface area (Å²) in [6.45, 7) is 10.2. The number of nitrogens with zero attached hydrogens (tertiary/aromatic N) is 3. The molecule has 0 aliphatic carbocycles. The van der Waals surface area contributed by atoms with Crippen LogP contribution < -0.4 is 15.8 Å². The molecule has 0 aliphatic rings. The highest BCUT2D eigenvalue weighted by Crippen LogP contribution is 2.23. The van der Waals surface area contributed by atoms with Gasteiger partial charge in [-0.15, -0.1) is 0 Å². The summed E-state index contributed by atoms with van der Waals surface area (Å²) >= 11 is 1.26. The second kappa shape index (κ2) is 10.8. The largest absolute Gasteiger partial charge is 0.372 e. The minimum absolute atomic E-state index is 0.132. The van der Waals surface area contributed by atoms with Crippen molar-refractivity contribution in [3.63, 3.8) is 0 Å². The Labute approximate surface area is 210 Å². The van der Waals surface area contributed by atoms with Gasteiger partial charge in [-0.3, -0.25) is 14.2 Å². The second-order valence-corrected chi connectivity index (χ2v) is 9.32. The summed E-state index contributed by atoms with van der Waals surface area (Å²) in [5, 5.41) is 3.99. The van der Waals surface area contributed by atoms with Crippen LogP contribution in [0, 0.1) is 13.8 Å². The number of thioether (sulfide) groups is 1. The van der Waals surface area contributed by atoms with E-state index in [1.807, 2.05) is 74.5 Å². The molecule has 1 heterocycles. The molecule has 1 N–H and O–H groups in total. The molecule has 35 heavy (non-hydrogen) atoms. The van der Waals surface area contributed by atoms with Crippen molar-refractivity contribution in [1.29, 1.82) is 0 Å². The van der Waals surface area contributed by atoms with E-state index in [2.05, 4.69) is 24.1 Å². The highest BCUT2D eigenvalue weighted by molar-refractivity contribution is 7.99. The number of rotatable bonds is 8. The number of carbonyl (C=O) groups excluding carboxylic acids is 1. The molecule has 1 aromatic heterocycles. The van der Waals surface area contributed by atoms with E-state index < -0.39 is 0 Å². The highest BCUT2D eigenvalue weighted by atomic mass is 32.2. The van der Waals surface area contributed by atoms with Crippen LogP contribution in [0.4, 0.5) is 11.4 Å². The van der Waals surface area contributed by atoms with Crippen LogP contribution in [0.3, 0.4) is 0 Å². The van der Waals surface area contributed by atoms with Crippen LogP contribution in [-0.2, 0) is 4.79 Å². The second-order valence-electron chi connectivity index (χ2n) is 8.38. The monoisotopic (exact) mass is 486 g/mol. The van der Waals surface area contributed by atoms with Gasteiger partial charge in [0.25, 0.3) is 5.56 Å². The van der Waals surface area contributed by atoms with Crippen LogP contribution in [0.1, 0.15) is 25.0 Å². The molecule has 6 nitrogen and oxygen atoms in total. The van der Waals surface area contributed by atoms with Crippen molar-refractivity contribution in [1.82, 2.24) is 9.55 Å². The van der Waals surface area contributed by atoms with Gasteiger partial charge in [0, 0.05) is 24.5 Å². The highest BCUT2D eigenvalue weighted by Gasteiger charge is 2.15. The van der Waals surface area contributed by atoms with Crippen LogP contribution in [0.15, 0.2) is 76.7 Å². The smallest absolute Gasteiger partial charge is 0.266 e. The Morgan fingerprint density at radius 2 is 1.69 bits per heavy atom. The van der Waals surface area contributed by atoms with Crippen LogP contribution in [0.2, 0.25) is 0 Å². The average molecular weight is 487 g/mol. The van der Waals surface area contributed by atoms with Crippen molar-refractivity contribution >= 4 is 39.9 Å². The quantitative estimate of drug-likeness (QED) is 0.260. The molecule has 180 valence electrons. The molecule has 1 amide bonds. The molecule has 0 saturated heterocycles. The molecular formula is C28H30N4O2S. The van der Waals surface area contributed by atoms with Crippen LogP contribution >= 0.6 is 11.8 Å². The molecule has 4 rings (SSSR count). The summed E-state index contributed by atoms with van der Waals surface area (Å²) in [7, 11) is 0. The van der Waals surface area contributed by atoms with Gasteiger partial charge in [0.2, 0.25) is 5.91 Å². The van der Waals surface area contributed by atoms with Gasteiger partial charge in [-0.2, -0.15) is 0 Å². The van der Waals surface area contributed by atoms with Crippen molar-refractivity contribution in [3.05, 3.63) is 88.2 Å². The Morgan fingerprint density at radius 3 is 2.37 bits per heavy atom. The summed E-state index contributed by atoms with van der Waals surface area (Å²) in [5.41, 5.74) is 5.32. The molecule has 7 heteroatoms. The third kappa shape index (κ3) is 5.41. The maximum atomic E-state index is 13.4. The number of hydrogen-bond acceptors (Lipinski definition) is 5. The summed E-state index contributed by atoms with van der Waals surface area (Å²) in [4.78, 5) is 33.2. The number of carbonyl (C=O) groups is 1. The molecule has 0 saturated carbocycles. The van der Waals surface area contributed by atoms with Gasteiger partial charge in [0.05, 0.1) is 22.3 Å². The maximum absolute atomic E-state index is 13.4. The van der Waals surface area contributed by atoms with Gasteiger partial charge >= 0.3 is 0 Å². The first-order valence-electron chi connectivity index (χ1n) is 11.8. The molecular weight excluding hydrogens is 456 g/mol. The van der Waals surface area contributed by atoms with E-state index in [0.717, 1.165) is 41.3 Å². The fourth-order valence-corrected chi connectivity index (χ4v) is 4.79. The lowest BCUT2D eigenvalue weighted by Gasteiger charge is -2.21. The van der Waals surface area contributed by atoms with Crippen molar-refractivity contribution in [3.8, 4) is 5.69 Å². The Morgan fingerprint density at radius 1 is 0.971 bits per heavy atom. The minimum Gasteiger partial charge on any atom is -0.372 e. The lowest BCUT2D eigenvalue weighted by atomic mass is 10.1. The van der Waals surface area contributed by atoms with Gasteiger partial charge in [-0.05, 0) is 87.4 Å². The molecule has 0 unspecified atom stereocenters. The number of aryl methyl sites for hydroxylation is 2. The SMILES string of the molecule is CCN(CC)c1ccc(NC(=O)CSc2nc3ccccc3c(=O)n2-c2ccc(C)c(C)c2)cc1. The van der Waals surface area contributed by atoms with Gasteiger partial charge < -0.3 is 10.2 Å². The number of amides is 1. The Kier molecular flexibility index (Phi) is 7.56. The molecule has 0 fully saturated rings. The van der Waals surface area contributed by atoms with E-state index in [0.29, 0.717) is 16.1 Å². The number of para-hydroxylation sites is 1. The zero-order valence-electron chi connectivity index (χ0n) is 20.5. The molecule has 0 spiro atoms. The van der Waals surface area contributed by atoms with E-state index in [1.165, 1.54) is 11.8 Å². The zero-order valence-corrected chi connectivity index (χ0v) is 21.4. The van der Waals surface area contributed by atoms with Gasteiger partial charge in [0.15, 0.2) is 5.16 Å². The standard InChI is InChI=1S/C28H30N4O2S/c1-5-31(6-2)22-15-12-21(13-16-22)29-26(33)18-35-28-30-25-10-8-7-9-24(25)27(34)32(28)23-14-11-19(3)20(4)17-23/h7-17H,5-6,18H2,1-4H3,(H,29,33). The van der Waals surface area contributed by atoms with Gasteiger partial charge in [-0.25, -0.2) is 4.98 Å². The first-order chi connectivity index (χ1) is 16.9. The fraction of sp³-hybridized carbons (Fsp3) is 0.250. The summed E-state index contributed by atoms with van der Waals surface area (Å²) in [6.07, 6.45) is 0. The predicted octanol–water partition coefficient (Wildman–Crippen LogP) is 5.58. The van der Waals surface area contributed by atoms with E-state index in [9.17, 15) is 9.59 Å². The number of hydrogen-bond donors (Lipinski definition) is 1. The predicted molar refractivity (Wildman–Crippen MR) is 146 cm³/mol.